The van der Waals surface area contributed by atoms with E-state index in [1.165, 1.54) is 37.5 Å². The molecule has 0 aromatic heterocycles. The van der Waals surface area contributed by atoms with Gasteiger partial charge in [0.1, 0.15) is 12.2 Å². The number of carbonyl (C=O) groups excluding carboxylic acids is 1. The second kappa shape index (κ2) is 6.22. The third kappa shape index (κ3) is 3.49. The van der Waals surface area contributed by atoms with E-state index >= 15 is 0 Å². The van der Waals surface area contributed by atoms with Crippen LogP contribution in [0, 0.1) is 23.3 Å². The van der Waals surface area contributed by atoms with Crippen molar-refractivity contribution in [2.24, 2.45) is 5.92 Å². The number of Topliss-reactive ketones (excluding diaryl/α,β-unsaturated/α-hetero) is 1. The largest absolute Gasteiger partial charge is 0.612 e. The lowest BCUT2D eigenvalue weighted by atomic mass is 9.83. The Morgan fingerprint density at radius 2 is 2.04 bits per heavy atom. The van der Waals surface area contributed by atoms with Gasteiger partial charge in [-0.15, -0.1) is 0 Å². The van der Waals surface area contributed by atoms with Crippen molar-refractivity contribution in [3.8, 4) is 6.07 Å². The Hall–Kier alpha value is -2.04. The van der Waals surface area contributed by atoms with E-state index in [9.17, 15) is 22.5 Å². The van der Waals surface area contributed by atoms with E-state index in [0.29, 0.717) is 0 Å². The van der Waals surface area contributed by atoms with Gasteiger partial charge in [-0.1, -0.05) is 6.08 Å². The third-order valence-electron chi connectivity index (χ3n) is 3.32. The SMILES string of the molecule is CC1=[C]C(=O)C(C(F)(F)F)C(c2ccc(C#N)cc2[S@+](C)[O-])=C1. The fourth-order valence-electron chi connectivity index (χ4n) is 2.39. The summed E-state index contributed by atoms with van der Waals surface area (Å²) in [6.07, 6.45) is -0.0931. The van der Waals surface area contributed by atoms with E-state index in [-0.39, 0.29) is 27.2 Å². The van der Waals surface area contributed by atoms with Crippen molar-refractivity contribution in [3.63, 3.8) is 0 Å². The maximum Gasteiger partial charge on any atom is 0.402 e. The third-order valence-corrected chi connectivity index (χ3v) is 4.28. The fourth-order valence-corrected chi connectivity index (χ4v) is 3.18. The van der Waals surface area contributed by atoms with Crippen LogP contribution >= 0.6 is 0 Å². The number of hydrogen-bond donors (Lipinski definition) is 0. The maximum absolute atomic E-state index is 13.3. The molecule has 0 heterocycles. The van der Waals surface area contributed by atoms with Gasteiger partial charge >= 0.3 is 6.18 Å². The molecule has 1 aromatic carbocycles. The number of nitrogens with zero attached hydrogens (tertiary/aromatic N) is 1. The lowest BCUT2D eigenvalue weighted by Crippen LogP contribution is -2.33. The van der Waals surface area contributed by atoms with Gasteiger partial charge in [-0.2, -0.15) is 18.4 Å². The van der Waals surface area contributed by atoms with Gasteiger partial charge in [0.25, 0.3) is 0 Å². The van der Waals surface area contributed by atoms with Gasteiger partial charge in [-0.3, -0.25) is 4.79 Å². The first-order valence-electron chi connectivity index (χ1n) is 6.46. The molecule has 0 aliphatic heterocycles. The second-order valence-corrected chi connectivity index (χ2v) is 6.37. The molecule has 0 fully saturated rings. The molecule has 0 amide bonds. The van der Waals surface area contributed by atoms with Crippen LogP contribution in [0.2, 0.25) is 0 Å². The molecule has 1 aromatic rings. The summed E-state index contributed by atoms with van der Waals surface area (Å²) in [6, 6.07) is 5.76. The van der Waals surface area contributed by atoms with Crippen LogP contribution in [0.1, 0.15) is 18.1 Å². The summed E-state index contributed by atoms with van der Waals surface area (Å²) in [5, 5.41) is 8.90. The van der Waals surface area contributed by atoms with E-state index in [1.807, 2.05) is 6.07 Å². The molecular formula is C16H11F3NO2S. The average Bonchev–Trinajstić information content (AvgIpc) is 2.44. The van der Waals surface area contributed by atoms with Gasteiger partial charge in [0.2, 0.25) is 0 Å². The molecule has 0 bridgehead atoms. The number of alkyl halides is 3. The van der Waals surface area contributed by atoms with E-state index < -0.39 is 29.1 Å². The fraction of sp³-hybridized carbons (Fsp3) is 0.250. The molecule has 1 aliphatic rings. The Labute approximate surface area is 134 Å². The van der Waals surface area contributed by atoms with Crippen molar-refractivity contribution in [2.75, 3.05) is 6.26 Å². The minimum absolute atomic E-state index is 0.0568. The van der Waals surface area contributed by atoms with Crippen LogP contribution in [0.5, 0.6) is 0 Å². The van der Waals surface area contributed by atoms with E-state index in [0.717, 1.165) is 0 Å². The second-order valence-electron chi connectivity index (χ2n) is 5.02. The highest BCUT2D eigenvalue weighted by atomic mass is 32.2. The summed E-state index contributed by atoms with van der Waals surface area (Å²) >= 11 is -1.62. The standard InChI is InChI=1S/C16H11F3NO2S/c1-9-5-12(15(13(21)6-9)16(17,18)19)11-4-3-10(8-20)7-14(11)23(2)22/h3-5,7,15H,1-2H3/t15?,23-/m0/s1. The Morgan fingerprint density at radius 3 is 2.57 bits per heavy atom. The van der Waals surface area contributed by atoms with Crippen molar-refractivity contribution >= 4 is 22.5 Å². The molecule has 7 heteroatoms. The van der Waals surface area contributed by atoms with Gasteiger partial charge in [0.15, 0.2) is 10.7 Å². The molecule has 2 atom stereocenters. The van der Waals surface area contributed by atoms with E-state index in [4.69, 9.17) is 5.26 Å². The summed E-state index contributed by atoms with van der Waals surface area (Å²) < 4.78 is 51.8. The highest BCUT2D eigenvalue weighted by Gasteiger charge is 2.48. The number of rotatable bonds is 2. The number of nitriles is 1. The van der Waals surface area contributed by atoms with Crippen LogP contribution in [0.15, 0.2) is 34.7 Å². The van der Waals surface area contributed by atoms with E-state index in [1.54, 1.807) is 0 Å². The molecule has 23 heavy (non-hydrogen) atoms. The van der Waals surface area contributed by atoms with Gasteiger partial charge in [-0.05, 0) is 41.4 Å². The average molecular weight is 338 g/mol. The quantitative estimate of drug-likeness (QED) is 0.778. The predicted octanol–water partition coefficient (Wildman–Crippen LogP) is 3.19. The van der Waals surface area contributed by atoms with Crippen LogP contribution in [0.25, 0.3) is 5.57 Å². The maximum atomic E-state index is 13.3. The molecule has 3 nitrogen and oxygen atoms in total. The minimum atomic E-state index is -4.78. The first-order valence-corrected chi connectivity index (χ1v) is 8.01. The van der Waals surface area contributed by atoms with Gasteiger partial charge in [-0.25, -0.2) is 0 Å². The summed E-state index contributed by atoms with van der Waals surface area (Å²) in [4.78, 5) is 11.9. The number of ketones is 1. The lowest BCUT2D eigenvalue weighted by molar-refractivity contribution is -0.166. The monoisotopic (exact) mass is 338 g/mol. The molecule has 0 N–H and O–H groups in total. The normalized spacial score (nSPS) is 19.7. The Bertz CT molecular complexity index is 758. The summed E-state index contributed by atoms with van der Waals surface area (Å²) in [5.74, 6) is -3.52. The van der Waals surface area contributed by atoms with Crippen molar-refractivity contribution < 1.29 is 22.5 Å². The molecule has 1 aliphatic carbocycles. The van der Waals surface area contributed by atoms with Crippen molar-refractivity contribution in [1.82, 2.24) is 0 Å². The van der Waals surface area contributed by atoms with Crippen LogP contribution in [0.3, 0.4) is 0 Å². The summed E-state index contributed by atoms with van der Waals surface area (Å²) in [5.41, 5.74) is 0.238. The number of hydrogen-bond acceptors (Lipinski definition) is 3. The predicted molar refractivity (Wildman–Crippen MR) is 78.4 cm³/mol. The van der Waals surface area contributed by atoms with E-state index in [2.05, 4.69) is 6.08 Å². The highest BCUT2D eigenvalue weighted by Crippen LogP contribution is 2.42. The topological polar surface area (TPSA) is 63.9 Å². The number of allylic oxidation sites excluding steroid dienone is 4. The summed E-state index contributed by atoms with van der Waals surface area (Å²) in [7, 11) is 0. The molecule has 0 spiro atoms. The molecule has 1 radical (unpaired) electrons. The molecule has 2 rings (SSSR count). The molecule has 1 unspecified atom stereocenters. The summed E-state index contributed by atoms with van der Waals surface area (Å²) in [6.45, 7) is 1.47. The van der Waals surface area contributed by atoms with Gasteiger partial charge in [0, 0.05) is 17.7 Å². The first-order chi connectivity index (χ1) is 10.6. The zero-order valence-corrected chi connectivity index (χ0v) is 13.0. The van der Waals surface area contributed by atoms with Crippen LogP contribution in [-0.4, -0.2) is 22.8 Å². The molecule has 0 saturated heterocycles. The van der Waals surface area contributed by atoms with Gasteiger partial charge < -0.3 is 4.55 Å². The molecule has 119 valence electrons. The van der Waals surface area contributed by atoms with Gasteiger partial charge in [0.05, 0.1) is 11.6 Å². The highest BCUT2D eigenvalue weighted by molar-refractivity contribution is 7.90. The van der Waals surface area contributed by atoms with Crippen LogP contribution in [-0.2, 0) is 16.0 Å². The van der Waals surface area contributed by atoms with Crippen molar-refractivity contribution in [2.45, 2.75) is 18.0 Å². The Balaban J connectivity index is 2.69. The zero-order chi connectivity index (χ0) is 17.4. The Kier molecular flexibility index (Phi) is 4.68. The first kappa shape index (κ1) is 17.3. The number of carbonyl (C=O) groups is 1. The smallest absolute Gasteiger partial charge is 0.402 e. The minimum Gasteiger partial charge on any atom is -0.612 e. The Morgan fingerprint density at radius 1 is 1.39 bits per heavy atom. The number of benzene rings is 1. The van der Waals surface area contributed by atoms with Crippen molar-refractivity contribution in [3.05, 3.63) is 47.1 Å². The van der Waals surface area contributed by atoms with Crippen LogP contribution < -0.4 is 0 Å². The zero-order valence-electron chi connectivity index (χ0n) is 12.2. The lowest BCUT2D eigenvalue weighted by Gasteiger charge is -2.25. The van der Waals surface area contributed by atoms with Crippen molar-refractivity contribution in [1.29, 1.82) is 5.26 Å². The van der Waals surface area contributed by atoms with Crippen LogP contribution in [0.4, 0.5) is 13.2 Å². The molecule has 0 saturated carbocycles. The molecular weight excluding hydrogens is 327 g/mol. The number of halogens is 3.